The van der Waals surface area contributed by atoms with Crippen LogP contribution in [0.5, 0.6) is 11.5 Å². The van der Waals surface area contributed by atoms with E-state index in [9.17, 15) is 9.59 Å². The zero-order valence-corrected chi connectivity index (χ0v) is 16.1. The van der Waals surface area contributed by atoms with Crippen molar-refractivity contribution in [1.29, 1.82) is 0 Å². The van der Waals surface area contributed by atoms with E-state index in [0.29, 0.717) is 22.7 Å². The first kappa shape index (κ1) is 18.2. The van der Waals surface area contributed by atoms with Gasteiger partial charge in [0.2, 0.25) is 12.7 Å². The maximum atomic E-state index is 13.0. The molecule has 1 radical (unpaired) electrons. The maximum absolute atomic E-state index is 13.0. The van der Waals surface area contributed by atoms with Crippen molar-refractivity contribution < 1.29 is 19.1 Å². The highest BCUT2D eigenvalue weighted by Crippen LogP contribution is 2.51. The number of nitrogens with one attached hydrogen (secondary N) is 2. The monoisotopic (exact) mass is 399 g/mol. The molecule has 1 fully saturated rings. The van der Waals surface area contributed by atoms with Gasteiger partial charge in [0.15, 0.2) is 11.5 Å². The highest BCUT2D eigenvalue weighted by molar-refractivity contribution is 6.01. The summed E-state index contributed by atoms with van der Waals surface area (Å²) in [5.41, 5.74) is 10.5. The molecular formula is C24H19N2O4. The number of amides is 2. The second-order valence-electron chi connectivity index (χ2n) is 7.59. The molecule has 0 unspecified atom stereocenters. The second-order valence-corrected chi connectivity index (χ2v) is 7.59. The van der Waals surface area contributed by atoms with E-state index < -0.39 is 11.3 Å². The lowest BCUT2D eigenvalue weighted by atomic mass is 9.94. The van der Waals surface area contributed by atoms with Crippen LogP contribution in [0.2, 0.25) is 0 Å². The third-order valence-corrected chi connectivity index (χ3v) is 5.71. The third-order valence-electron chi connectivity index (χ3n) is 5.71. The number of ether oxygens (including phenoxy) is 2. The van der Waals surface area contributed by atoms with Gasteiger partial charge in [0.1, 0.15) is 0 Å². The first-order valence-corrected chi connectivity index (χ1v) is 9.73. The van der Waals surface area contributed by atoms with Crippen LogP contribution in [-0.4, -0.2) is 18.6 Å². The summed E-state index contributed by atoms with van der Waals surface area (Å²) in [6.45, 7) is 0.212. The Bertz CT molecular complexity index is 1150. The molecular weight excluding hydrogens is 380 g/mol. The van der Waals surface area contributed by atoms with Crippen LogP contribution in [0, 0.1) is 0 Å². The Morgan fingerprint density at radius 1 is 0.867 bits per heavy atom. The lowest BCUT2D eigenvalue weighted by molar-refractivity contribution is -0.118. The molecule has 0 aromatic heterocycles. The average molecular weight is 399 g/mol. The van der Waals surface area contributed by atoms with Gasteiger partial charge in [-0.05, 0) is 65.9 Å². The van der Waals surface area contributed by atoms with Crippen LogP contribution in [0.25, 0.3) is 11.1 Å². The van der Waals surface area contributed by atoms with Gasteiger partial charge >= 0.3 is 0 Å². The minimum atomic E-state index is -0.709. The Kier molecular flexibility index (Phi) is 4.20. The number of anilines is 1. The van der Waals surface area contributed by atoms with Gasteiger partial charge in [-0.3, -0.25) is 15.3 Å². The van der Waals surface area contributed by atoms with Gasteiger partial charge in [-0.1, -0.05) is 30.3 Å². The molecule has 2 N–H and O–H groups in total. The lowest BCUT2D eigenvalue weighted by Gasteiger charge is -2.16. The van der Waals surface area contributed by atoms with Crippen LogP contribution < -0.4 is 20.5 Å². The highest BCUT2D eigenvalue weighted by Gasteiger charge is 2.51. The summed E-state index contributed by atoms with van der Waals surface area (Å²) in [5.74, 6) is 0.654. The van der Waals surface area contributed by atoms with E-state index in [1.807, 2.05) is 48.5 Å². The molecule has 6 heteroatoms. The van der Waals surface area contributed by atoms with Crippen molar-refractivity contribution in [2.24, 2.45) is 0 Å². The number of hydrogen-bond donors (Lipinski definition) is 1. The van der Waals surface area contributed by atoms with Gasteiger partial charge < -0.3 is 14.8 Å². The third kappa shape index (κ3) is 3.16. The standard InChI is InChI=1S/C24H19N2O4/c25-22(27)17-3-1-2-16(12-17)15-4-7-19(8-5-15)26-23(28)24(10-11-24)18-6-9-20-21(13-18)30-14-29-20/h1-9,12-13,25H,10-11,14H2,(H,26,28). The van der Waals surface area contributed by atoms with Crippen molar-refractivity contribution in [3.8, 4) is 22.6 Å². The van der Waals surface area contributed by atoms with Crippen LogP contribution in [0.3, 0.4) is 0 Å². The number of carbonyl (C=O) groups excluding carboxylic acids is 2. The molecule has 2 aliphatic rings. The number of benzene rings is 3. The predicted molar refractivity (Wildman–Crippen MR) is 111 cm³/mol. The lowest BCUT2D eigenvalue weighted by Crippen LogP contribution is -2.27. The Morgan fingerprint density at radius 2 is 1.63 bits per heavy atom. The molecule has 6 nitrogen and oxygen atoms in total. The normalized spacial score (nSPS) is 15.5. The number of carbonyl (C=O) groups is 2. The summed E-state index contributed by atoms with van der Waals surface area (Å²) in [6.07, 6.45) is 1.59. The van der Waals surface area contributed by atoms with E-state index in [-0.39, 0.29) is 12.7 Å². The van der Waals surface area contributed by atoms with Crippen molar-refractivity contribution in [2.45, 2.75) is 18.3 Å². The smallest absolute Gasteiger partial charge is 0.269 e. The maximum Gasteiger partial charge on any atom is 0.269 e. The topological polar surface area (TPSA) is 88.4 Å². The van der Waals surface area contributed by atoms with Crippen molar-refractivity contribution in [3.63, 3.8) is 0 Å². The van der Waals surface area contributed by atoms with E-state index in [4.69, 9.17) is 15.2 Å². The Labute approximate surface area is 173 Å². The average Bonchev–Trinajstić information content (AvgIpc) is 3.45. The summed E-state index contributed by atoms with van der Waals surface area (Å²) < 4.78 is 10.8. The second kappa shape index (κ2) is 6.91. The molecule has 1 heterocycles. The summed E-state index contributed by atoms with van der Waals surface area (Å²) in [6, 6.07) is 20.1. The minimum Gasteiger partial charge on any atom is -0.454 e. The highest BCUT2D eigenvalue weighted by atomic mass is 16.7. The summed E-state index contributed by atoms with van der Waals surface area (Å²) in [4.78, 5) is 24.3. The van der Waals surface area contributed by atoms with Crippen molar-refractivity contribution in [3.05, 3.63) is 77.9 Å². The molecule has 5 rings (SSSR count). The molecule has 0 atom stereocenters. The van der Waals surface area contributed by atoms with Gasteiger partial charge in [-0.25, -0.2) is 0 Å². The fraction of sp³-hybridized carbons (Fsp3) is 0.167. The number of hydrogen-bond acceptors (Lipinski definition) is 4. The van der Waals surface area contributed by atoms with Gasteiger partial charge in [-0.2, -0.15) is 0 Å². The van der Waals surface area contributed by atoms with Gasteiger partial charge in [0, 0.05) is 11.3 Å². The molecule has 0 spiro atoms. The molecule has 1 aliphatic heterocycles. The van der Waals surface area contributed by atoms with Gasteiger partial charge in [0.25, 0.3) is 5.91 Å². The zero-order chi connectivity index (χ0) is 20.7. The Morgan fingerprint density at radius 3 is 2.37 bits per heavy atom. The Balaban J connectivity index is 1.33. The quantitative estimate of drug-likeness (QED) is 0.697. The minimum absolute atomic E-state index is 0.0316. The summed E-state index contributed by atoms with van der Waals surface area (Å²) >= 11 is 0. The van der Waals surface area contributed by atoms with Crippen molar-refractivity contribution in [1.82, 2.24) is 5.73 Å². The van der Waals surface area contributed by atoms with Crippen LogP contribution in [0.1, 0.15) is 28.8 Å². The molecule has 0 saturated heterocycles. The van der Waals surface area contributed by atoms with Gasteiger partial charge in [-0.15, -0.1) is 0 Å². The number of fused-ring (bicyclic) bond motifs is 1. The van der Waals surface area contributed by atoms with E-state index >= 15 is 0 Å². The summed E-state index contributed by atoms with van der Waals surface area (Å²) in [5, 5.41) is 3.02. The molecule has 30 heavy (non-hydrogen) atoms. The van der Waals surface area contributed by atoms with Crippen LogP contribution in [0.4, 0.5) is 5.69 Å². The van der Waals surface area contributed by atoms with Crippen LogP contribution in [-0.2, 0) is 10.2 Å². The van der Waals surface area contributed by atoms with Gasteiger partial charge in [0.05, 0.1) is 5.41 Å². The van der Waals surface area contributed by atoms with E-state index in [1.54, 1.807) is 18.2 Å². The predicted octanol–water partition coefficient (Wildman–Crippen LogP) is 4.18. The van der Waals surface area contributed by atoms with Crippen LogP contribution in [0.15, 0.2) is 66.7 Å². The Hall–Kier alpha value is -3.80. The molecule has 0 bridgehead atoms. The molecule has 3 aromatic carbocycles. The summed E-state index contributed by atoms with van der Waals surface area (Å²) in [7, 11) is 0. The van der Waals surface area contributed by atoms with Crippen molar-refractivity contribution in [2.75, 3.05) is 12.1 Å². The molecule has 2 amide bonds. The first-order chi connectivity index (χ1) is 14.5. The van der Waals surface area contributed by atoms with Crippen LogP contribution >= 0.6 is 0 Å². The molecule has 3 aromatic rings. The largest absolute Gasteiger partial charge is 0.454 e. The first-order valence-electron chi connectivity index (χ1n) is 9.73. The SMILES string of the molecule is [NH]C(=O)c1cccc(-c2ccc(NC(=O)C3(c4ccc5c(c4)OCO5)CC3)cc2)c1. The van der Waals surface area contributed by atoms with Crippen molar-refractivity contribution >= 4 is 17.5 Å². The fourth-order valence-corrected chi connectivity index (χ4v) is 3.80. The fourth-order valence-electron chi connectivity index (χ4n) is 3.80. The van der Waals surface area contributed by atoms with E-state index in [1.165, 1.54) is 0 Å². The van der Waals surface area contributed by atoms with E-state index in [2.05, 4.69) is 5.32 Å². The zero-order valence-electron chi connectivity index (χ0n) is 16.1. The molecule has 149 valence electrons. The molecule has 1 saturated carbocycles. The van der Waals surface area contributed by atoms with E-state index in [0.717, 1.165) is 29.5 Å². The molecule has 1 aliphatic carbocycles. The number of rotatable bonds is 5.